The summed E-state index contributed by atoms with van der Waals surface area (Å²) >= 11 is 0. The van der Waals surface area contributed by atoms with Crippen molar-refractivity contribution in [3.05, 3.63) is 47.9 Å². The van der Waals surface area contributed by atoms with Crippen molar-refractivity contribution in [1.29, 1.82) is 0 Å². The van der Waals surface area contributed by atoms with Gasteiger partial charge in [0.15, 0.2) is 0 Å². The van der Waals surface area contributed by atoms with Gasteiger partial charge in [-0.15, -0.1) is 0 Å². The first-order valence-corrected chi connectivity index (χ1v) is 10.1. The Bertz CT molecular complexity index is 786. The Morgan fingerprint density at radius 2 is 2.04 bits per heavy atom. The second-order valence-corrected chi connectivity index (χ2v) is 7.86. The van der Waals surface area contributed by atoms with E-state index in [1.165, 1.54) is 25.7 Å². The highest BCUT2D eigenvalue weighted by Crippen LogP contribution is 2.35. The number of hydrogen-bond acceptors (Lipinski definition) is 4. The largest absolute Gasteiger partial charge is 0.340 e. The van der Waals surface area contributed by atoms with Crippen LogP contribution in [0.25, 0.3) is 0 Å². The summed E-state index contributed by atoms with van der Waals surface area (Å²) in [6.45, 7) is 2.86. The summed E-state index contributed by atoms with van der Waals surface area (Å²) in [6, 6.07) is 10.0. The molecule has 5 nitrogen and oxygen atoms in total. The lowest BCUT2D eigenvalue weighted by Crippen LogP contribution is -2.32. The zero-order valence-corrected chi connectivity index (χ0v) is 16.0. The first kappa shape index (κ1) is 18.0. The van der Waals surface area contributed by atoms with Crippen molar-refractivity contribution in [3.63, 3.8) is 0 Å². The van der Waals surface area contributed by atoms with E-state index in [-0.39, 0.29) is 6.04 Å². The Morgan fingerprint density at radius 1 is 1.19 bits per heavy atom. The summed E-state index contributed by atoms with van der Waals surface area (Å²) in [4.78, 5) is 24.1. The van der Waals surface area contributed by atoms with E-state index in [4.69, 9.17) is 4.98 Å². The van der Waals surface area contributed by atoms with Gasteiger partial charge >= 0.3 is 0 Å². The molecule has 4 rings (SSSR count). The Hall–Kier alpha value is -2.43. The third-order valence-corrected chi connectivity index (χ3v) is 5.76. The van der Waals surface area contributed by atoms with E-state index < -0.39 is 0 Å². The first-order chi connectivity index (χ1) is 13.2. The van der Waals surface area contributed by atoms with Crippen LogP contribution in [0.3, 0.4) is 0 Å². The number of pyridine rings is 2. The van der Waals surface area contributed by atoms with E-state index >= 15 is 0 Å². The van der Waals surface area contributed by atoms with Crippen molar-refractivity contribution < 1.29 is 4.79 Å². The van der Waals surface area contributed by atoms with E-state index in [2.05, 4.69) is 21.3 Å². The molecule has 1 amide bonds. The topological polar surface area (TPSA) is 58.1 Å². The van der Waals surface area contributed by atoms with Crippen LogP contribution >= 0.6 is 0 Å². The van der Waals surface area contributed by atoms with Crippen LogP contribution in [-0.2, 0) is 4.79 Å². The van der Waals surface area contributed by atoms with Gasteiger partial charge in [-0.05, 0) is 62.8 Å². The van der Waals surface area contributed by atoms with Gasteiger partial charge in [-0.25, -0.2) is 4.98 Å². The van der Waals surface area contributed by atoms with Crippen LogP contribution in [0.1, 0.15) is 62.4 Å². The van der Waals surface area contributed by atoms with Gasteiger partial charge < -0.3 is 10.2 Å². The third-order valence-electron chi connectivity index (χ3n) is 5.76. The molecule has 2 aliphatic rings. The van der Waals surface area contributed by atoms with Gasteiger partial charge in [0, 0.05) is 30.5 Å². The lowest BCUT2D eigenvalue weighted by atomic mass is 10.0. The zero-order valence-electron chi connectivity index (χ0n) is 16.0. The molecule has 27 heavy (non-hydrogen) atoms. The van der Waals surface area contributed by atoms with Crippen LogP contribution in [-0.4, -0.2) is 27.3 Å². The summed E-state index contributed by atoms with van der Waals surface area (Å²) in [5, 5.41) is 3.36. The Morgan fingerprint density at radius 3 is 2.81 bits per heavy atom. The molecular formula is C22H28N4O. The number of aromatic nitrogens is 2. The molecular weight excluding hydrogens is 336 g/mol. The molecule has 0 radical (unpaired) electrons. The van der Waals surface area contributed by atoms with E-state index in [1.807, 2.05) is 31.2 Å². The van der Waals surface area contributed by atoms with E-state index in [0.29, 0.717) is 18.2 Å². The van der Waals surface area contributed by atoms with Crippen molar-refractivity contribution in [1.82, 2.24) is 14.9 Å². The minimum atomic E-state index is 0.100. The van der Waals surface area contributed by atoms with Gasteiger partial charge in [0.25, 0.3) is 0 Å². The first-order valence-electron chi connectivity index (χ1n) is 10.1. The molecule has 5 heteroatoms. The van der Waals surface area contributed by atoms with Crippen molar-refractivity contribution in [2.24, 2.45) is 5.92 Å². The molecule has 2 fully saturated rings. The zero-order chi connectivity index (χ0) is 18.6. The summed E-state index contributed by atoms with van der Waals surface area (Å²) in [6.07, 6.45) is 9.53. The lowest BCUT2D eigenvalue weighted by molar-refractivity contribution is -0.133. The fourth-order valence-corrected chi connectivity index (χ4v) is 4.47. The van der Waals surface area contributed by atoms with Gasteiger partial charge in [-0.3, -0.25) is 9.78 Å². The van der Waals surface area contributed by atoms with Crippen LogP contribution in [0.4, 0.5) is 11.5 Å². The second-order valence-electron chi connectivity index (χ2n) is 7.86. The molecule has 0 bridgehead atoms. The molecule has 3 heterocycles. The van der Waals surface area contributed by atoms with E-state index in [1.54, 1.807) is 6.20 Å². The minimum Gasteiger partial charge on any atom is -0.340 e. The number of carbonyl (C=O) groups excluding carboxylic acids is 1. The smallest absolute Gasteiger partial charge is 0.223 e. The van der Waals surface area contributed by atoms with Crippen LogP contribution in [0.5, 0.6) is 0 Å². The molecule has 142 valence electrons. The number of likely N-dealkylation sites (tertiary alicyclic amines) is 1. The Balaban J connectivity index is 1.51. The maximum absolute atomic E-state index is 12.9. The molecule has 1 aliphatic heterocycles. The summed E-state index contributed by atoms with van der Waals surface area (Å²) in [7, 11) is 0. The van der Waals surface area contributed by atoms with Gasteiger partial charge in [-0.2, -0.15) is 0 Å². The molecule has 1 aliphatic carbocycles. The lowest BCUT2D eigenvalue weighted by Gasteiger charge is -2.26. The van der Waals surface area contributed by atoms with Crippen LogP contribution in [0, 0.1) is 12.8 Å². The molecule has 1 atom stereocenters. The van der Waals surface area contributed by atoms with E-state index in [9.17, 15) is 4.79 Å². The number of amides is 1. The average Bonchev–Trinajstić information content (AvgIpc) is 3.34. The fourth-order valence-electron chi connectivity index (χ4n) is 4.47. The molecule has 1 saturated carbocycles. The second kappa shape index (κ2) is 8.07. The van der Waals surface area contributed by atoms with Gasteiger partial charge in [-0.1, -0.05) is 18.9 Å². The average molecular weight is 364 g/mol. The number of hydrogen-bond donors (Lipinski definition) is 1. The molecule has 2 aromatic heterocycles. The predicted molar refractivity (Wildman–Crippen MR) is 107 cm³/mol. The van der Waals surface area contributed by atoms with Crippen molar-refractivity contribution in [2.75, 3.05) is 11.9 Å². The number of rotatable bonds is 5. The third kappa shape index (κ3) is 4.29. The number of anilines is 2. The summed E-state index contributed by atoms with van der Waals surface area (Å²) < 4.78 is 0. The highest BCUT2D eigenvalue weighted by Gasteiger charge is 2.32. The monoisotopic (exact) mass is 364 g/mol. The Labute approximate surface area is 161 Å². The van der Waals surface area contributed by atoms with Crippen molar-refractivity contribution >= 4 is 17.4 Å². The molecule has 1 unspecified atom stereocenters. The highest BCUT2D eigenvalue weighted by atomic mass is 16.2. The number of carbonyl (C=O) groups is 1. The predicted octanol–water partition coefficient (Wildman–Crippen LogP) is 4.77. The highest BCUT2D eigenvalue weighted by molar-refractivity contribution is 5.77. The number of nitrogens with zero attached hydrogens (tertiary/aromatic N) is 3. The molecule has 1 N–H and O–H groups in total. The standard InChI is InChI=1S/C22H28N4O/c1-16-13-18(25-21-10-4-5-11-23-21)15-19(24-16)20-9-6-12-26(20)22(27)14-17-7-2-3-8-17/h4-5,10-11,13,15,17,20H,2-3,6-9,12,14H2,1H3,(H,23,24,25). The maximum atomic E-state index is 12.9. The SMILES string of the molecule is Cc1cc(Nc2ccccn2)cc(C2CCCN2C(=O)CC2CCCC2)n1. The molecule has 1 saturated heterocycles. The number of aryl methyl sites for hydroxylation is 1. The summed E-state index contributed by atoms with van der Waals surface area (Å²) in [5.74, 6) is 1.71. The normalized spacial score (nSPS) is 20.2. The van der Waals surface area contributed by atoms with Crippen LogP contribution in [0.2, 0.25) is 0 Å². The minimum absolute atomic E-state index is 0.100. The van der Waals surface area contributed by atoms with Crippen LogP contribution < -0.4 is 5.32 Å². The maximum Gasteiger partial charge on any atom is 0.223 e. The van der Waals surface area contributed by atoms with E-state index in [0.717, 1.165) is 42.3 Å². The molecule has 2 aromatic rings. The molecule has 0 aromatic carbocycles. The van der Waals surface area contributed by atoms with Gasteiger partial charge in [0.2, 0.25) is 5.91 Å². The Kier molecular flexibility index (Phi) is 5.37. The molecule has 0 spiro atoms. The van der Waals surface area contributed by atoms with Crippen LogP contribution in [0.15, 0.2) is 36.5 Å². The number of nitrogens with one attached hydrogen (secondary N) is 1. The quantitative estimate of drug-likeness (QED) is 0.830. The van der Waals surface area contributed by atoms with Gasteiger partial charge in [0.05, 0.1) is 11.7 Å². The van der Waals surface area contributed by atoms with Gasteiger partial charge in [0.1, 0.15) is 5.82 Å². The summed E-state index contributed by atoms with van der Waals surface area (Å²) in [5.41, 5.74) is 2.93. The van der Waals surface area contributed by atoms with Crippen molar-refractivity contribution in [2.45, 2.75) is 57.9 Å². The van der Waals surface area contributed by atoms with Crippen molar-refractivity contribution in [3.8, 4) is 0 Å². The fraction of sp³-hybridized carbons (Fsp3) is 0.500.